The zero-order valence-corrected chi connectivity index (χ0v) is 12.0. The number of hydrogen-bond donors (Lipinski definition) is 0. The van der Waals surface area contributed by atoms with Gasteiger partial charge in [-0.05, 0) is 35.7 Å². The normalized spacial score (nSPS) is 10.7. The van der Waals surface area contributed by atoms with Crippen LogP contribution in [0.4, 0.5) is 0 Å². The minimum absolute atomic E-state index is 0.753. The number of hydrogen-bond acceptors (Lipinski definition) is 1. The predicted molar refractivity (Wildman–Crippen MR) is 83.0 cm³/mol. The van der Waals surface area contributed by atoms with Crippen LogP contribution in [0.3, 0.4) is 0 Å². The molecule has 2 aromatic carbocycles. The zero-order valence-electron chi connectivity index (χ0n) is 11.3. The van der Waals surface area contributed by atoms with Crippen LogP contribution in [-0.4, -0.2) is 9.78 Å². The lowest BCUT2D eigenvalue weighted by Crippen LogP contribution is -1.99. The van der Waals surface area contributed by atoms with Crippen molar-refractivity contribution in [3.8, 4) is 11.1 Å². The number of nitrogens with zero attached hydrogens (tertiary/aromatic N) is 2. The molecule has 0 aliphatic heterocycles. The van der Waals surface area contributed by atoms with Crippen molar-refractivity contribution in [2.24, 2.45) is 0 Å². The van der Waals surface area contributed by atoms with E-state index in [1.807, 2.05) is 35.1 Å². The van der Waals surface area contributed by atoms with Crippen molar-refractivity contribution in [1.29, 1.82) is 0 Å². The molecule has 3 rings (SSSR count). The summed E-state index contributed by atoms with van der Waals surface area (Å²) in [7, 11) is 0. The molecule has 2 nitrogen and oxygen atoms in total. The molecule has 0 bridgehead atoms. The molecule has 0 fully saturated rings. The van der Waals surface area contributed by atoms with Crippen LogP contribution in [-0.2, 0) is 6.54 Å². The first kappa shape index (κ1) is 12.9. The smallest absolute Gasteiger partial charge is 0.0659 e. The highest BCUT2D eigenvalue weighted by Crippen LogP contribution is 2.22. The molecule has 20 heavy (non-hydrogen) atoms. The van der Waals surface area contributed by atoms with Crippen molar-refractivity contribution in [2.45, 2.75) is 13.5 Å². The summed E-state index contributed by atoms with van der Waals surface area (Å²) in [5, 5.41) is 5.19. The summed E-state index contributed by atoms with van der Waals surface area (Å²) < 4.78 is 1.95. The molecule has 0 unspecified atom stereocenters. The summed E-state index contributed by atoms with van der Waals surface area (Å²) in [6.45, 7) is 2.87. The van der Waals surface area contributed by atoms with E-state index >= 15 is 0 Å². The second-order valence-electron chi connectivity index (χ2n) is 4.87. The number of benzene rings is 2. The van der Waals surface area contributed by atoms with Crippen LogP contribution in [0.5, 0.6) is 0 Å². The highest BCUT2D eigenvalue weighted by atomic mass is 35.5. The van der Waals surface area contributed by atoms with Gasteiger partial charge in [-0.2, -0.15) is 5.10 Å². The molecule has 3 aromatic rings. The molecule has 100 valence electrons. The maximum absolute atomic E-state index is 5.89. The Kier molecular flexibility index (Phi) is 3.57. The summed E-state index contributed by atoms with van der Waals surface area (Å²) >= 11 is 5.89. The third-order valence-corrected chi connectivity index (χ3v) is 3.60. The molecule has 0 saturated heterocycles. The van der Waals surface area contributed by atoms with Crippen LogP contribution in [0.25, 0.3) is 11.1 Å². The molecule has 0 N–H and O–H groups in total. The fourth-order valence-corrected chi connectivity index (χ4v) is 2.39. The van der Waals surface area contributed by atoms with Crippen molar-refractivity contribution < 1.29 is 0 Å². The van der Waals surface area contributed by atoms with Crippen molar-refractivity contribution in [2.75, 3.05) is 0 Å². The highest BCUT2D eigenvalue weighted by molar-refractivity contribution is 6.30. The lowest BCUT2D eigenvalue weighted by Gasteiger charge is -2.03. The molecular weight excluding hydrogens is 268 g/mol. The molecule has 0 aliphatic rings. The Bertz CT molecular complexity index is 714. The van der Waals surface area contributed by atoms with Gasteiger partial charge in [0.1, 0.15) is 0 Å². The average molecular weight is 283 g/mol. The lowest BCUT2D eigenvalue weighted by molar-refractivity contribution is 0.687. The van der Waals surface area contributed by atoms with Crippen molar-refractivity contribution in [1.82, 2.24) is 9.78 Å². The van der Waals surface area contributed by atoms with E-state index in [1.54, 1.807) is 0 Å². The Morgan fingerprint density at radius 1 is 1.05 bits per heavy atom. The van der Waals surface area contributed by atoms with E-state index in [2.05, 4.69) is 42.5 Å². The third kappa shape index (κ3) is 2.75. The quantitative estimate of drug-likeness (QED) is 0.688. The Hall–Kier alpha value is -2.06. The standard InChI is InChI=1S/C17H15ClN2/c1-13-4-2-3-5-17(13)15-10-19-20(12-15)11-14-6-8-16(18)9-7-14/h2-10,12H,11H2,1H3. The Morgan fingerprint density at radius 3 is 2.55 bits per heavy atom. The lowest BCUT2D eigenvalue weighted by atomic mass is 10.0. The maximum Gasteiger partial charge on any atom is 0.0659 e. The summed E-state index contributed by atoms with van der Waals surface area (Å²) in [6.07, 6.45) is 4.00. The van der Waals surface area contributed by atoms with Gasteiger partial charge >= 0.3 is 0 Å². The number of halogens is 1. The topological polar surface area (TPSA) is 17.8 Å². The third-order valence-electron chi connectivity index (χ3n) is 3.35. The van der Waals surface area contributed by atoms with Gasteiger partial charge in [0.15, 0.2) is 0 Å². The summed E-state index contributed by atoms with van der Waals surface area (Å²) in [5.41, 5.74) is 4.83. The van der Waals surface area contributed by atoms with Crippen LogP contribution in [0.2, 0.25) is 5.02 Å². The van der Waals surface area contributed by atoms with E-state index in [9.17, 15) is 0 Å². The predicted octanol–water partition coefficient (Wildman–Crippen LogP) is 4.56. The van der Waals surface area contributed by atoms with E-state index in [1.165, 1.54) is 16.7 Å². The molecule has 0 aliphatic carbocycles. The van der Waals surface area contributed by atoms with Gasteiger partial charge in [-0.15, -0.1) is 0 Å². The van der Waals surface area contributed by atoms with Crippen LogP contribution >= 0.6 is 11.6 Å². The van der Waals surface area contributed by atoms with Gasteiger partial charge < -0.3 is 0 Å². The minimum Gasteiger partial charge on any atom is -0.268 e. The van der Waals surface area contributed by atoms with Crippen LogP contribution in [0.15, 0.2) is 60.9 Å². The van der Waals surface area contributed by atoms with Gasteiger partial charge in [0, 0.05) is 16.8 Å². The van der Waals surface area contributed by atoms with Gasteiger partial charge in [-0.1, -0.05) is 48.0 Å². The first-order chi connectivity index (χ1) is 9.72. The first-order valence-corrected chi connectivity index (χ1v) is 6.93. The Labute approximate surface area is 123 Å². The summed E-state index contributed by atoms with van der Waals surface area (Å²) in [5.74, 6) is 0. The fraction of sp³-hybridized carbons (Fsp3) is 0.118. The largest absolute Gasteiger partial charge is 0.268 e. The molecule has 0 spiro atoms. The monoisotopic (exact) mass is 282 g/mol. The molecular formula is C17H15ClN2. The van der Waals surface area contributed by atoms with E-state index in [0.29, 0.717) is 0 Å². The summed E-state index contributed by atoms with van der Waals surface area (Å²) in [6, 6.07) is 16.2. The number of aryl methyl sites for hydroxylation is 1. The summed E-state index contributed by atoms with van der Waals surface area (Å²) in [4.78, 5) is 0. The van der Waals surface area contributed by atoms with Crippen LogP contribution < -0.4 is 0 Å². The SMILES string of the molecule is Cc1ccccc1-c1cnn(Cc2ccc(Cl)cc2)c1. The highest BCUT2D eigenvalue weighted by Gasteiger charge is 2.04. The van der Waals surface area contributed by atoms with E-state index in [4.69, 9.17) is 11.6 Å². The number of aromatic nitrogens is 2. The van der Waals surface area contributed by atoms with Crippen molar-refractivity contribution >= 4 is 11.6 Å². The first-order valence-electron chi connectivity index (χ1n) is 6.55. The zero-order chi connectivity index (χ0) is 13.9. The molecule has 1 aromatic heterocycles. The molecule has 0 atom stereocenters. The molecule has 1 heterocycles. The van der Waals surface area contributed by atoms with Gasteiger partial charge in [-0.25, -0.2) is 0 Å². The average Bonchev–Trinajstić information content (AvgIpc) is 2.90. The second kappa shape index (κ2) is 5.51. The Morgan fingerprint density at radius 2 is 1.80 bits per heavy atom. The molecule has 0 radical (unpaired) electrons. The van der Waals surface area contributed by atoms with Crippen LogP contribution in [0.1, 0.15) is 11.1 Å². The van der Waals surface area contributed by atoms with Crippen molar-refractivity contribution in [3.63, 3.8) is 0 Å². The molecule has 0 amide bonds. The van der Waals surface area contributed by atoms with E-state index < -0.39 is 0 Å². The van der Waals surface area contributed by atoms with E-state index in [0.717, 1.165) is 17.1 Å². The van der Waals surface area contributed by atoms with Gasteiger partial charge in [-0.3, -0.25) is 4.68 Å². The Balaban J connectivity index is 1.84. The fourth-order valence-electron chi connectivity index (χ4n) is 2.26. The maximum atomic E-state index is 5.89. The second-order valence-corrected chi connectivity index (χ2v) is 5.30. The van der Waals surface area contributed by atoms with Crippen molar-refractivity contribution in [3.05, 3.63) is 77.1 Å². The number of rotatable bonds is 3. The minimum atomic E-state index is 0.753. The van der Waals surface area contributed by atoms with Gasteiger partial charge in [0.2, 0.25) is 0 Å². The molecule has 3 heteroatoms. The van der Waals surface area contributed by atoms with Gasteiger partial charge in [0.25, 0.3) is 0 Å². The van der Waals surface area contributed by atoms with Crippen LogP contribution in [0, 0.1) is 6.92 Å². The molecule has 0 saturated carbocycles. The van der Waals surface area contributed by atoms with E-state index in [-0.39, 0.29) is 0 Å². The van der Waals surface area contributed by atoms with Gasteiger partial charge in [0.05, 0.1) is 12.7 Å².